The topological polar surface area (TPSA) is 21.3 Å². The average molecular weight is 274 g/mol. The molecule has 17 heavy (non-hydrogen) atoms. The summed E-state index contributed by atoms with van der Waals surface area (Å²) in [7, 11) is 0. The van der Waals surface area contributed by atoms with Crippen LogP contribution < -0.4 is 10.1 Å². The van der Waals surface area contributed by atoms with Gasteiger partial charge in [-0.1, -0.05) is 30.1 Å². The fraction of sp³-hybridized carbons (Fsp3) is 0.538. The highest BCUT2D eigenvalue weighted by Crippen LogP contribution is 2.44. The number of hydrogen-bond acceptors (Lipinski definition) is 2. The van der Waals surface area contributed by atoms with Gasteiger partial charge in [-0.2, -0.15) is 0 Å². The highest BCUT2D eigenvalue weighted by molar-refractivity contribution is 6.35. The fourth-order valence-corrected chi connectivity index (χ4v) is 2.84. The smallest absolute Gasteiger partial charge is 0.143 e. The lowest BCUT2D eigenvalue weighted by Gasteiger charge is -2.38. The third-order valence-electron chi connectivity index (χ3n) is 2.94. The van der Waals surface area contributed by atoms with E-state index in [4.69, 9.17) is 27.9 Å². The quantitative estimate of drug-likeness (QED) is 0.872. The fourth-order valence-electron chi connectivity index (χ4n) is 2.29. The molecule has 0 aromatic heterocycles. The molecular weight excluding hydrogens is 257 g/mol. The lowest BCUT2D eigenvalue weighted by atomic mass is 9.89. The maximum atomic E-state index is 6.20. The van der Waals surface area contributed by atoms with E-state index < -0.39 is 0 Å². The molecule has 0 saturated carbocycles. The van der Waals surface area contributed by atoms with Crippen LogP contribution in [-0.4, -0.2) is 12.1 Å². The van der Waals surface area contributed by atoms with E-state index in [0.717, 1.165) is 24.3 Å². The second kappa shape index (κ2) is 4.68. The maximum Gasteiger partial charge on any atom is 0.143 e. The van der Waals surface area contributed by atoms with Crippen LogP contribution in [0.15, 0.2) is 12.1 Å². The number of benzene rings is 1. The first-order valence-corrected chi connectivity index (χ1v) is 6.60. The van der Waals surface area contributed by atoms with Crippen LogP contribution in [0.25, 0.3) is 0 Å². The van der Waals surface area contributed by atoms with E-state index in [2.05, 4.69) is 26.1 Å². The second-order valence-electron chi connectivity index (χ2n) is 4.98. The molecule has 1 heterocycles. The average Bonchev–Trinajstić information content (AvgIpc) is 2.19. The van der Waals surface area contributed by atoms with Crippen LogP contribution in [0.2, 0.25) is 10.0 Å². The summed E-state index contributed by atoms with van der Waals surface area (Å²) in [4.78, 5) is 0. The Morgan fingerprint density at radius 1 is 1.41 bits per heavy atom. The van der Waals surface area contributed by atoms with E-state index in [9.17, 15) is 0 Å². The zero-order valence-electron chi connectivity index (χ0n) is 10.3. The molecule has 1 aliphatic rings. The third kappa shape index (κ3) is 2.70. The molecule has 0 saturated heterocycles. The van der Waals surface area contributed by atoms with Crippen LogP contribution in [0.3, 0.4) is 0 Å². The molecule has 1 aromatic carbocycles. The number of rotatable bonds is 2. The van der Waals surface area contributed by atoms with Gasteiger partial charge in [-0.25, -0.2) is 0 Å². The van der Waals surface area contributed by atoms with Crippen molar-refractivity contribution in [3.8, 4) is 5.75 Å². The van der Waals surface area contributed by atoms with Crippen LogP contribution in [0.4, 0.5) is 0 Å². The van der Waals surface area contributed by atoms with E-state index in [1.54, 1.807) is 6.07 Å². The highest BCUT2D eigenvalue weighted by Gasteiger charge is 2.34. The summed E-state index contributed by atoms with van der Waals surface area (Å²) in [6.07, 6.45) is 0.907. The molecule has 1 aliphatic heterocycles. The third-order valence-corrected chi connectivity index (χ3v) is 3.44. The Morgan fingerprint density at radius 2 is 2.12 bits per heavy atom. The molecule has 0 fully saturated rings. The van der Waals surface area contributed by atoms with Gasteiger partial charge < -0.3 is 10.1 Å². The number of fused-ring (bicyclic) bond motifs is 1. The molecule has 1 unspecified atom stereocenters. The summed E-state index contributed by atoms with van der Waals surface area (Å²) in [5.74, 6) is 0.762. The molecule has 1 atom stereocenters. The van der Waals surface area contributed by atoms with Gasteiger partial charge in [-0.15, -0.1) is 0 Å². The van der Waals surface area contributed by atoms with Crippen molar-refractivity contribution in [2.24, 2.45) is 0 Å². The van der Waals surface area contributed by atoms with Crippen LogP contribution in [0, 0.1) is 0 Å². The number of hydrogen-bond donors (Lipinski definition) is 1. The van der Waals surface area contributed by atoms with Gasteiger partial charge in [0.1, 0.15) is 11.4 Å². The molecule has 2 nitrogen and oxygen atoms in total. The summed E-state index contributed by atoms with van der Waals surface area (Å²) in [5, 5.41) is 4.69. The molecule has 2 rings (SSSR count). The van der Waals surface area contributed by atoms with Crippen molar-refractivity contribution in [2.45, 2.75) is 38.8 Å². The molecule has 0 bridgehead atoms. The molecule has 0 radical (unpaired) electrons. The van der Waals surface area contributed by atoms with Gasteiger partial charge >= 0.3 is 0 Å². The van der Waals surface area contributed by atoms with Gasteiger partial charge in [-0.05, 0) is 32.5 Å². The minimum Gasteiger partial charge on any atom is -0.486 e. The van der Waals surface area contributed by atoms with Gasteiger partial charge in [0.2, 0.25) is 0 Å². The Balaban J connectivity index is 2.48. The lowest BCUT2D eigenvalue weighted by molar-refractivity contribution is 0.0666. The van der Waals surface area contributed by atoms with Crippen molar-refractivity contribution >= 4 is 23.2 Å². The molecule has 1 aromatic rings. The van der Waals surface area contributed by atoms with Crippen molar-refractivity contribution in [1.29, 1.82) is 0 Å². The molecule has 0 spiro atoms. The number of nitrogens with one attached hydrogen (secondary N) is 1. The van der Waals surface area contributed by atoms with E-state index in [-0.39, 0.29) is 11.6 Å². The van der Waals surface area contributed by atoms with Crippen molar-refractivity contribution < 1.29 is 4.74 Å². The first-order chi connectivity index (χ1) is 7.93. The van der Waals surface area contributed by atoms with Gasteiger partial charge in [0, 0.05) is 23.0 Å². The second-order valence-corrected chi connectivity index (χ2v) is 5.83. The summed E-state index contributed by atoms with van der Waals surface area (Å²) >= 11 is 12.3. The van der Waals surface area contributed by atoms with Gasteiger partial charge in [-0.3, -0.25) is 0 Å². The molecule has 4 heteroatoms. The minimum absolute atomic E-state index is 0.211. The zero-order chi connectivity index (χ0) is 12.6. The summed E-state index contributed by atoms with van der Waals surface area (Å²) in [6.45, 7) is 7.15. The van der Waals surface area contributed by atoms with Gasteiger partial charge in [0.25, 0.3) is 0 Å². The monoisotopic (exact) mass is 273 g/mol. The minimum atomic E-state index is -0.211. The molecular formula is C13H17Cl2NO. The largest absolute Gasteiger partial charge is 0.486 e. The highest BCUT2D eigenvalue weighted by atomic mass is 35.5. The molecule has 94 valence electrons. The Morgan fingerprint density at radius 3 is 2.76 bits per heavy atom. The summed E-state index contributed by atoms with van der Waals surface area (Å²) in [6, 6.07) is 3.91. The lowest BCUT2D eigenvalue weighted by Crippen LogP contribution is -2.39. The Labute approximate surface area is 112 Å². The SMILES string of the molecule is CCNC1CC(C)(C)Oc2c(Cl)cc(Cl)cc21. The van der Waals surface area contributed by atoms with E-state index in [0.29, 0.717) is 10.0 Å². The normalized spacial score (nSPS) is 21.8. The van der Waals surface area contributed by atoms with Crippen molar-refractivity contribution in [1.82, 2.24) is 5.32 Å². The Hall–Kier alpha value is -0.440. The summed E-state index contributed by atoms with van der Waals surface area (Å²) < 4.78 is 5.95. The zero-order valence-corrected chi connectivity index (χ0v) is 11.8. The van der Waals surface area contributed by atoms with Gasteiger partial charge in [0.05, 0.1) is 5.02 Å². The van der Waals surface area contributed by atoms with E-state index >= 15 is 0 Å². The van der Waals surface area contributed by atoms with Crippen LogP contribution in [0.5, 0.6) is 5.75 Å². The van der Waals surface area contributed by atoms with Crippen molar-refractivity contribution in [2.75, 3.05) is 6.54 Å². The molecule has 0 amide bonds. The Bertz CT molecular complexity index is 432. The van der Waals surface area contributed by atoms with Crippen LogP contribution in [0.1, 0.15) is 38.8 Å². The number of ether oxygens (including phenoxy) is 1. The standard InChI is InChI=1S/C13H17Cl2NO/c1-4-16-11-7-13(2,3)17-12-9(11)5-8(14)6-10(12)15/h5-6,11,16H,4,7H2,1-3H3. The van der Waals surface area contributed by atoms with Crippen LogP contribution >= 0.6 is 23.2 Å². The van der Waals surface area contributed by atoms with E-state index in [1.165, 1.54) is 0 Å². The molecule has 0 aliphatic carbocycles. The predicted octanol–water partition coefficient (Wildman–Crippen LogP) is 4.21. The van der Waals surface area contributed by atoms with Gasteiger partial charge in [0.15, 0.2) is 0 Å². The van der Waals surface area contributed by atoms with E-state index in [1.807, 2.05) is 6.07 Å². The maximum absolute atomic E-state index is 6.20. The summed E-state index contributed by atoms with van der Waals surface area (Å²) in [5.41, 5.74) is 0.848. The van der Waals surface area contributed by atoms with Crippen molar-refractivity contribution in [3.63, 3.8) is 0 Å². The van der Waals surface area contributed by atoms with Crippen molar-refractivity contribution in [3.05, 3.63) is 27.7 Å². The first-order valence-electron chi connectivity index (χ1n) is 5.84. The van der Waals surface area contributed by atoms with Crippen LogP contribution in [-0.2, 0) is 0 Å². The molecule has 1 N–H and O–H groups in total. The predicted molar refractivity (Wildman–Crippen MR) is 72.2 cm³/mol. The number of halogens is 2. The Kier molecular flexibility index (Phi) is 3.58. The first kappa shape index (κ1) is 13.0.